The number of hydrogen-bond donors (Lipinski definition) is 2. The number of nitrogens with two attached hydrogens (primary N) is 1. The van der Waals surface area contributed by atoms with E-state index in [9.17, 15) is 9.18 Å². The van der Waals surface area contributed by atoms with Gasteiger partial charge in [0.2, 0.25) is 0 Å². The molecule has 0 aliphatic carbocycles. The summed E-state index contributed by atoms with van der Waals surface area (Å²) >= 11 is 4.23. The smallest absolute Gasteiger partial charge is 0.275 e. The van der Waals surface area contributed by atoms with Crippen molar-refractivity contribution in [2.75, 3.05) is 0 Å². The van der Waals surface area contributed by atoms with Gasteiger partial charge in [-0.3, -0.25) is 10.2 Å². The number of halogens is 1. The normalized spacial score (nSPS) is 11.0. The first-order chi connectivity index (χ1) is 10.2. The number of benzene rings is 1. The molecule has 3 rings (SSSR count). The van der Waals surface area contributed by atoms with Gasteiger partial charge < -0.3 is 0 Å². The van der Waals surface area contributed by atoms with Crippen molar-refractivity contribution in [2.45, 2.75) is 10.1 Å². The van der Waals surface area contributed by atoms with E-state index in [1.807, 2.05) is 5.38 Å². The molecule has 2 aromatic heterocycles. The Bertz CT molecular complexity index is 785. The third-order valence-corrected chi connectivity index (χ3v) is 6.04. The first kappa shape index (κ1) is 14.5. The van der Waals surface area contributed by atoms with E-state index < -0.39 is 5.91 Å². The summed E-state index contributed by atoms with van der Waals surface area (Å²) in [6.45, 7) is 0. The topological polar surface area (TPSA) is 68.0 Å². The molecule has 0 spiro atoms. The van der Waals surface area contributed by atoms with E-state index >= 15 is 0 Å². The number of carbonyl (C=O) groups is 1. The lowest BCUT2D eigenvalue weighted by atomic mass is 10.1. The third-order valence-electron chi connectivity index (χ3n) is 2.85. The fourth-order valence-corrected chi connectivity index (χ4v) is 4.87. The number of rotatable bonds is 4. The summed E-state index contributed by atoms with van der Waals surface area (Å²) in [5, 5.41) is 2.37. The Labute approximate surface area is 132 Å². The summed E-state index contributed by atoms with van der Waals surface area (Å²) in [6, 6.07) is 4.83. The Morgan fingerprint density at radius 3 is 3.05 bits per heavy atom. The summed E-state index contributed by atoms with van der Waals surface area (Å²) in [5.74, 6) is 4.97. The minimum Gasteiger partial charge on any atom is -0.289 e. The van der Waals surface area contributed by atoms with Crippen molar-refractivity contribution in [3.8, 4) is 0 Å². The van der Waals surface area contributed by atoms with Crippen molar-refractivity contribution in [2.24, 2.45) is 5.84 Å². The maximum absolute atomic E-state index is 14.1. The van der Waals surface area contributed by atoms with Crippen LogP contribution in [0.4, 0.5) is 4.39 Å². The van der Waals surface area contributed by atoms with Crippen molar-refractivity contribution >= 4 is 50.4 Å². The summed E-state index contributed by atoms with van der Waals surface area (Å²) in [5.41, 5.74) is 2.79. The number of thiophene rings is 1. The maximum atomic E-state index is 14.1. The average molecular weight is 339 g/mol. The fourth-order valence-electron chi connectivity index (χ4n) is 1.97. The molecule has 4 nitrogen and oxygen atoms in total. The molecule has 0 aliphatic rings. The number of fused-ring (bicyclic) bond motifs is 1. The van der Waals surface area contributed by atoms with Crippen molar-refractivity contribution in [1.82, 2.24) is 10.4 Å². The zero-order chi connectivity index (χ0) is 14.8. The van der Waals surface area contributed by atoms with Crippen molar-refractivity contribution in [1.29, 1.82) is 0 Å². The molecule has 0 fully saturated rings. The van der Waals surface area contributed by atoms with E-state index in [0.29, 0.717) is 21.6 Å². The lowest BCUT2D eigenvalue weighted by Gasteiger charge is -2.03. The van der Waals surface area contributed by atoms with E-state index in [2.05, 4.69) is 10.4 Å². The number of nitrogens with zero attached hydrogens (tertiary/aromatic N) is 1. The number of nitrogens with one attached hydrogen (secondary N) is 1. The molecule has 1 amide bonds. The predicted octanol–water partition coefficient (Wildman–Crippen LogP) is 3.39. The molecule has 8 heteroatoms. The van der Waals surface area contributed by atoms with Gasteiger partial charge in [0.25, 0.3) is 5.91 Å². The second-order valence-corrected chi connectivity index (χ2v) is 7.25. The van der Waals surface area contributed by atoms with Crippen LogP contribution >= 0.6 is 34.4 Å². The number of hydrazine groups is 1. The molecule has 3 N–H and O–H groups in total. The van der Waals surface area contributed by atoms with Crippen molar-refractivity contribution in [3.05, 3.63) is 46.0 Å². The Hall–Kier alpha value is -1.48. The van der Waals surface area contributed by atoms with Gasteiger partial charge in [0.05, 0.1) is 4.88 Å². The Morgan fingerprint density at radius 2 is 2.33 bits per heavy atom. The van der Waals surface area contributed by atoms with Crippen LogP contribution in [0.3, 0.4) is 0 Å². The second-order valence-electron chi connectivity index (χ2n) is 4.08. The first-order valence-electron chi connectivity index (χ1n) is 5.94. The van der Waals surface area contributed by atoms with Crippen LogP contribution in [0.25, 0.3) is 10.1 Å². The van der Waals surface area contributed by atoms with Crippen LogP contribution < -0.4 is 11.3 Å². The molecule has 0 saturated carbocycles. The van der Waals surface area contributed by atoms with Gasteiger partial charge in [-0.15, -0.1) is 22.7 Å². The van der Waals surface area contributed by atoms with E-state index in [1.54, 1.807) is 18.3 Å². The van der Waals surface area contributed by atoms with Gasteiger partial charge in [-0.2, -0.15) is 0 Å². The average Bonchev–Trinajstić information content (AvgIpc) is 3.12. The highest BCUT2D eigenvalue weighted by Crippen LogP contribution is 2.37. The summed E-state index contributed by atoms with van der Waals surface area (Å²) in [4.78, 5) is 16.5. The van der Waals surface area contributed by atoms with Crippen LogP contribution in [0.1, 0.15) is 15.2 Å². The second kappa shape index (κ2) is 6.10. The number of amides is 1. The van der Waals surface area contributed by atoms with Crippen molar-refractivity contribution < 1.29 is 9.18 Å². The summed E-state index contributed by atoms with van der Waals surface area (Å²) in [6.07, 6.45) is 1.72. The molecular weight excluding hydrogens is 329 g/mol. The molecule has 0 radical (unpaired) electrons. The predicted molar refractivity (Wildman–Crippen MR) is 85.1 cm³/mol. The Balaban J connectivity index is 2.06. The van der Waals surface area contributed by atoms with Gasteiger partial charge in [0.15, 0.2) is 0 Å². The molecule has 2 heterocycles. The highest BCUT2D eigenvalue weighted by Gasteiger charge is 2.20. The number of thiazole rings is 1. The van der Waals surface area contributed by atoms with Crippen LogP contribution in [0.15, 0.2) is 34.1 Å². The molecule has 108 valence electrons. The molecule has 3 aromatic rings. The standard InChI is InChI=1S/C13H10FN3OS3/c14-8-2-1-3-9-10(8)7(11(21-9)12(18)17-15)6-20-13-16-4-5-19-13/h1-5H,6,15H2,(H,17,18). The van der Waals surface area contributed by atoms with Crippen LogP contribution in [0.5, 0.6) is 0 Å². The van der Waals surface area contributed by atoms with Crippen LogP contribution in [-0.4, -0.2) is 10.9 Å². The highest BCUT2D eigenvalue weighted by atomic mass is 32.2. The zero-order valence-corrected chi connectivity index (χ0v) is 13.1. The fraction of sp³-hybridized carbons (Fsp3) is 0.0769. The molecule has 0 unspecified atom stereocenters. The SMILES string of the molecule is NNC(=O)c1sc2cccc(F)c2c1CSc1nccs1. The van der Waals surface area contributed by atoms with E-state index in [-0.39, 0.29) is 5.82 Å². The van der Waals surface area contributed by atoms with E-state index in [1.165, 1.54) is 40.5 Å². The highest BCUT2D eigenvalue weighted by molar-refractivity contribution is 8.00. The largest absolute Gasteiger partial charge is 0.289 e. The molecule has 0 bridgehead atoms. The molecule has 0 aliphatic heterocycles. The van der Waals surface area contributed by atoms with Crippen LogP contribution in [0.2, 0.25) is 0 Å². The van der Waals surface area contributed by atoms with Gasteiger partial charge >= 0.3 is 0 Å². The Morgan fingerprint density at radius 1 is 1.48 bits per heavy atom. The number of hydrogen-bond acceptors (Lipinski definition) is 6. The Kier molecular flexibility index (Phi) is 4.20. The minimum atomic E-state index is -0.398. The molecule has 21 heavy (non-hydrogen) atoms. The first-order valence-corrected chi connectivity index (χ1v) is 8.62. The van der Waals surface area contributed by atoms with Crippen LogP contribution in [-0.2, 0) is 5.75 Å². The van der Waals surface area contributed by atoms with Gasteiger partial charge in [-0.25, -0.2) is 15.2 Å². The lowest BCUT2D eigenvalue weighted by molar-refractivity contribution is 0.0957. The lowest BCUT2D eigenvalue weighted by Crippen LogP contribution is -2.29. The molecular formula is C13H10FN3OS3. The van der Waals surface area contributed by atoms with Gasteiger partial charge in [0, 0.05) is 27.4 Å². The van der Waals surface area contributed by atoms with E-state index in [4.69, 9.17) is 5.84 Å². The number of carbonyl (C=O) groups excluding carboxylic acids is 1. The summed E-state index contributed by atoms with van der Waals surface area (Å²) in [7, 11) is 0. The van der Waals surface area contributed by atoms with Gasteiger partial charge in [0.1, 0.15) is 10.2 Å². The number of thioether (sulfide) groups is 1. The quantitative estimate of drug-likeness (QED) is 0.331. The molecule has 1 aromatic carbocycles. The van der Waals surface area contributed by atoms with Gasteiger partial charge in [-0.1, -0.05) is 17.8 Å². The molecule has 0 saturated heterocycles. The van der Waals surface area contributed by atoms with Crippen molar-refractivity contribution in [3.63, 3.8) is 0 Å². The van der Waals surface area contributed by atoms with Crippen LogP contribution in [0, 0.1) is 5.82 Å². The third kappa shape index (κ3) is 2.80. The number of nitrogen functional groups attached to an aromatic ring is 1. The summed E-state index contributed by atoms with van der Waals surface area (Å²) < 4.78 is 15.7. The monoisotopic (exact) mass is 339 g/mol. The number of aromatic nitrogens is 1. The maximum Gasteiger partial charge on any atom is 0.275 e. The minimum absolute atomic E-state index is 0.324. The van der Waals surface area contributed by atoms with E-state index in [0.717, 1.165) is 9.04 Å². The van der Waals surface area contributed by atoms with Gasteiger partial charge in [-0.05, 0) is 17.7 Å². The zero-order valence-electron chi connectivity index (χ0n) is 10.6. The molecule has 0 atom stereocenters.